The van der Waals surface area contributed by atoms with Crippen molar-refractivity contribution in [1.29, 1.82) is 0 Å². The van der Waals surface area contributed by atoms with Crippen LogP contribution in [0, 0.1) is 0 Å². The van der Waals surface area contributed by atoms with Gasteiger partial charge in [-0.25, -0.2) is 0 Å². The van der Waals surface area contributed by atoms with Crippen LogP contribution in [0.5, 0.6) is 34.5 Å². The lowest BCUT2D eigenvalue weighted by atomic mass is 10.3. The average molecular weight is 857 g/mol. The number of hydrogen-bond acceptors (Lipinski definition) is 12. The van der Waals surface area contributed by atoms with E-state index in [4.69, 9.17) is 54.3 Å². The van der Waals surface area contributed by atoms with Gasteiger partial charge in [0.15, 0.2) is 0 Å². The molecular weight excluding hydrogens is 812 g/mol. The zero-order valence-electron chi connectivity index (χ0n) is 32.3. The standard InChI is InChI=1S/C42H44N4O8P4/c1-35(2)47-55(48-36(3)4)43-56(49-37-23-11-5-12-24-37,50-38-25-13-6-14-26-38)45-58(53-41-31-19-9-20-32-41,54-42-33-21-10-22-34-42)46-57(44-55,51-39-27-15-7-16-28-39)52-40-29-17-8-18-30-40/h5-36H,1-4H3. The van der Waals surface area contributed by atoms with Crippen LogP contribution in [0.4, 0.5) is 0 Å². The van der Waals surface area contributed by atoms with E-state index in [0.717, 1.165) is 0 Å². The molecule has 1 aliphatic rings. The number of hydrogen-bond donors (Lipinski definition) is 0. The summed E-state index contributed by atoms with van der Waals surface area (Å²) in [5.41, 5.74) is 0. The summed E-state index contributed by atoms with van der Waals surface area (Å²) in [4.78, 5) is 0. The highest BCUT2D eigenvalue weighted by Crippen LogP contribution is 2.80. The molecule has 0 saturated heterocycles. The first-order valence-electron chi connectivity index (χ1n) is 18.5. The molecule has 0 unspecified atom stereocenters. The van der Waals surface area contributed by atoms with E-state index >= 15 is 0 Å². The number of rotatable bonds is 16. The van der Waals surface area contributed by atoms with Gasteiger partial charge in [-0.3, -0.25) is 0 Å². The van der Waals surface area contributed by atoms with Crippen LogP contribution >= 0.6 is 30.6 Å². The lowest BCUT2D eigenvalue weighted by Gasteiger charge is -2.34. The maximum Gasteiger partial charge on any atom is 0.460 e. The first-order chi connectivity index (χ1) is 28.1. The second-order valence-corrected chi connectivity index (χ2v) is 21.4. The van der Waals surface area contributed by atoms with E-state index < -0.39 is 42.8 Å². The third kappa shape index (κ3) is 11.1. The molecule has 58 heavy (non-hydrogen) atoms. The lowest BCUT2D eigenvalue weighted by molar-refractivity contribution is 0.169. The summed E-state index contributed by atoms with van der Waals surface area (Å²) < 4.78 is 77.0. The highest BCUT2D eigenvalue weighted by molar-refractivity contribution is 7.79. The molecule has 1 aliphatic heterocycles. The molecule has 0 bridgehead atoms. The van der Waals surface area contributed by atoms with Crippen molar-refractivity contribution in [3.05, 3.63) is 182 Å². The second-order valence-electron chi connectivity index (χ2n) is 13.1. The van der Waals surface area contributed by atoms with E-state index in [9.17, 15) is 0 Å². The zero-order chi connectivity index (χ0) is 40.3. The van der Waals surface area contributed by atoms with Gasteiger partial charge < -0.3 is 36.2 Å². The highest BCUT2D eigenvalue weighted by atomic mass is 31.3. The van der Waals surface area contributed by atoms with Crippen molar-refractivity contribution < 1.29 is 36.2 Å². The molecule has 0 aliphatic carbocycles. The van der Waals surface area contributed by atoms with E-state index in [1.807, 2.05) is 137 Å². The SMILES string of the molecule is CC(C)OP1(OC(C)C)=NP(Oc2ccccc2)(Oc2ccccc2)=NP(Oc2ccccc2)(Oc2ccccc2)=NP(Oc2ccccc2)(Oc2ccccc2)=N1. The molecule has 0 amide bonds. The minimum absolute atomic E-state index is 0.382. The predicted molar refractivity (Wildman–Crippen MR) is 232 cm³/mol. The van der Waals surface area contributed by atoms with Gasteiger partial charge in [-0.1, -0.05) is 118 Å². The Hall–Kier alpha value is -5.04. The Morgan fingerprint density at radius 1 is 0.276 bits per heavy atom. The summed E-state index contributed by atoms with van der Waals surface area (Å²) in [7, 11) is -16.6. The Balaban J connectivity index is 1.68. The molecule has 0 radical (unpaired) electrons. The van der Waals surface area contributed by atoms with Gasteiger partial charge in [-0.05, 0) is 100 Å². The van der Waals surface area contributed by atoms with Crippen LogP contribution in [0.3, 0.4) is 0 Å². The van der Waals surface area contributed by atoms with Gasteiger partial charge >= 0.3 is 30.6 Å². The minimum atomic E-state index is -4.25. The molecule has 6 aromatic carbocycles. The predicted octanol–water partition coefficient (Wildman–Crippen LogP) is 15.1. The van der Waals surface area contributed by atoms with Gasteiger partial charge in [0.1, 0.15) is 34.5 Å². The Morgan fingerprint density at radius 2 is 0.448 bits per heavy atom. The van der Waals surface area contributed by atoms with E-state index in [1.54, 1.807) is 72.8 Å². The maximum atomic E-state index is 6.98. The van der Waals surface area contributed by atoms with Crippen molar-refractivity contribution >= 4 is 30.6 Å². The van der Waals surface area contributed by atoms with Gasteiger partial charge in [0.2, 0.25) is 0 Å². The first-order valence-corrected chi connectivity index (χ1v) is 24.7. The minimum Gasteiger partial charge on any atom is -0.413 e. The van der Waals surface area contributed by atoms with Gasteiger partial charge in [-0.2, -0.15) is 0 Å². The molecule has 0 fully saturated rings. The van der Waals surface area contributed by atoms with Crippen LogP contribution in [0.1, 0.15) is 27.7 Å². The second kappa shape index (κ2) is 18.7. The normalized spacial score (nSPS) is 16.1. The van der Waals surface area contributed by atoms with E-state index in [2.05, 4.69) is 0 Å². The molecular formula is C42H44N4O8P4. The molecule has 0 saturated carbocycles. The molecule has 0 atom stereocenters. The summed E-state index contributed by atoms with van der Waals surface area (Å²) in [5.74, 6) is 2.34. The number of benzene rings is 6. The van der Waals surface area contributed by atoms with Crippen LogP contribution in [0.2, 0.25) is 0 Å². The fourth-order valence-electron chi connectivity index (χ4n) is 5.29. The van der Waals surface area contributed by atoms with E-state index in [-0.39, 0.29) is 0 Å². The monoisotopic (exact) mass is 856 g/mol. The van der Waals surface area contributed by atoms with Crippen LogP contribution < -0.4 is 27.1 Å². The Morgan fingerprint density at radius 3 is 0.638 bits per heavy atom. The summed E-state index contributed by atoms with van der Waals surface area (Å²) in [5, 5.41) is 0. The molecule has 16 heteroatoms. The molecule has 0 spiro atoms. The van der Waals surface area contributed by atoms with Crippen molar-refractivity contribution in [3.63, 3.8) is 0 Å². The van der Waals surface area contributed by atoms with Crippen molar-refractivity contribution in [2.45, 2.75) is 39.9 Å². The number of para-hydroxylation sites is 6. The fourth-order valence-corrected chi connectivity index (χ4v) is 17.8. The van der Waals surface area contributed by atoms with Crippen LogP contribution in [-0.2, 0) is 9.05 Å². The van der Waals surface area contributed by atoms with Gasteiger partial charge in [0.05, 0.1) is 12.2 Å². The molecule has 1 heterocycles. The smallest absolute Gasteiger partial charge is 0.413 e. The zero-order valence-corrected chi connectivity index (χ0v) is 35.9. The lowest BCUT2D eigenvalue weighted by Crippen LogP contribution is -2.12. The molecule has 0 aromatic heterocycles. The average Bonchev–Trinajstić information content (AvgIpc) is 3.19. The van der Waals surface area contributed by atoms with E-state index in [1.165, 1.54) is 0 Å². The molecule has 7 rings (SSSR count). The summed E-state index contributed by atoms with van der Waals surface area (Å²) in [6.07, 6.45) is -0.962. The van der Waals surface area contributed by atoms with Gasteiger partial charge in [-0.15, -0.1) is 9.03 Å². The van der Waals surface area contributed by atoms with Crippen molar-refractivity contribution in [3.8, 4) is 34.5 Å². The first kappa shape index (κ1) is 41.1. The van der Waals surface area contributed by atoms with Crippen LogP contribution in [-0.4, -0.2) is 12.2 Å². The van der Waals surface area contributed by atoms with Crippen molar-refractivity contribution in [1.82, 2.24) is 0 Å². The maximum absolute atomic E-state index is 6.98. The molecule has 12 nitrogen and oxygen atoms in total. The highest BCUT2D eigenvalue weighted by Gasteiger charge is 2.48. The Kier molecular flexibility index (Phi) is 13.3. The summed E-state index contributed by atoms with van der Waals surface area (Å²) in [6, 6.07) is 54.7. The topological polar surface area (TPSA) is 123 Å². The largest absolute Gasteiger partial charge is 0.460 e. The van der Waals surface area contributed by atoms with Crippen molar-refractivity contribution in [2.75, 3.05) is 0 Å². The molecule has 300 valence electrons. The molecule has 0 N–H and O–H groups in total. The quantitative estimate of drug-likeness (QED) is 0.0882. The Bertz CT molecular complexity index is 2230. The third-order valence-corrected chi connectivity index (χ3v) is 18.7. The Labute approximate surface area is 340 Å². The van der Waals surface area contributed by atoms with Crippen LogP contribution in [0.25, 0.3) is 0 Å². The third-order valence-electron chi connectivity index (χ3n) is 7.41. The summed E-state index contributed by atoms with van der Waals surface area (Å²) in [6.45, 7) is 7.46. The van der Waals surface area contributed by atoms with Crippen LogP contribution in [0.15, 0.2) is 200 Å². The van der Waals surface area contributed by atoms with E-state index in [0.29, 0.717) is 34.5 Å². The fraction of sp³-hybridized carbons (Fsp3) is 0.143. The van der Waals surface area contributed by atoms with Gasteiger partial charge in [0, 0.05) is 0 Å². The summed E-state index contributed by atoms with van der Waals surface area (Å²) >= 11 is 0. The van der Waals surface area contributed by atoms with Gasteiger partial charge in [0.25, 0.3) is 0 Å². The number of nitrogens with zero attached hydrogens (tertiary/aromatic N) is 4. The van der Waals surface area contributed by atoms with Crippen molar-refractivity contribution in [2.24, 2.45) is 18.1 Å². The molecule has 6 aromatic rings.